The highest BCUT2D eigenvalue weighted by Gasteiger charge is 2.30. The van der Waals surface area contributed by atoms with Crippen molar-refractivity contribution in [3.05, 3.63) is 64.1 Å². The zero-order valence-corrected chi connectivity index (χ0v) is 20.7. The van der Waals surface area contributed by atoms with Gasteiger partial charge in [-0.25, -0.2) is 0 Å². The number of carbonyl (C=O) groups is 2. The van der Waals surface area contributed by atoms with Crippen LogP contribution in [0.3, 0.4) is 0 Å². The molecule has 172 valence electrons. The molecular weight excluding hydrogens is 463 g/mol. The van der Waals surface area contributed by atoms with Gasteiger partial charge in [0.15, 0.2) is 0 Å². The van der Waals surface area contributed by atoms with Gasteiger partial charge in [-0.15, -0.1) is 11.8 Å². The number of hydrogen-bond donors (Lipinski definition) is 1. The van der Waals surface area contributed by atoms with E-state index < -0.39 is 6.04 Å². The Bertz CT molecular complexity index is 904. The molecule has 1 atom stereocenters. The van der Waals surface area contributed by atoms with E-state index in [1.165, 1.54) is 18.2 Å². The third kappa shape index (κ3) is 7.16. The summed E-state index contributed by atoms with van der Waals surface area (Å²) in [6, 6.07) is 14.8. The van der Waals surface area contributed by atoms with Crippen molar-refractivity contribution in [3.8, 4) is 0 Å². The maximum atomic E-state index is 13.3. The van der Waals surface area contributed by atoms with E-state index in [0.717, 1.165) is 36.1 Å². The van der Waals surface area contributed by atoms with Crippen molar-refractivity contribution in [2.24, 2.45) is 0 Å². The van der Waals surface area contributed by atoms with Gasteiger partial charge < -0.3 is 10.2 Å². The molecule has 2 aromatic rings. The zero-order chi connectivity index (χ0) is 22.9. The van der Waals surface area contributed by atoms with E-state index >= 15 is 0 Å². The Hall–Kier alpha value is -1.69. The van der Waals surface area contributed by atoms with Gasteiger partial charge in [-0.3, -0.25) is 9.59 Å². The van der Waals surface area contributed by atoms with Crippen LogP contribution in [0.5, 0.6) is 0 Å². The highest BCUT2D eigenvalue weighted by molar-refractivity contribution is 8.00. The van der Waals surface area contributed by atoms with Gasteiger partial charge in [-0.1, -0.05) is 73.7 Å². The van der Waals surface area contributed by atoms with Crippen molar-refractivity contribution < 1.29 is 9.59 Å². The maximum absolute atomic E-state index is 13.3. The van der Waals surface area contributed by atoms with Crippen LogP contribution in [0, 0.1) is 0 Å². The Morgan fingerprint density at radius 3 is 2.44 bits per heavy atom. The quantitative estimate of drug-likeness (QED) is 0.415. The number of amides is 2. The molecule has 7 heteroatoms. The molecule has 2 amide bonds. The Balaban J connectivity index is 1.77. The summed E-state index contributed by atoms with van der Waals surface area (Å²) in [4.78, 5) is 29.3. The molecule has 4 nitrogen and oxygen atoms in total. The van der Waals surface area contributed by atoms with E-state index in [9.17, 15) is 9.59 Å². The highest BCUT2D eigenvalue weighted by atomic mass is 35.5. The lowest BCUT2D eigenvalue weighted by molar-refractivity contribution is -0.139. The van der Waals surface area contributed by atoms with E-state index in [1.807, 2.05) is 43.3 Å². The van der Waals surface area contributed by atoms with Crippen molar-refractivity contribution in [2.45, 2.75) is 69.0 Å². The van der Waals surface area contributed by atoms with Crippen LogP contribution < -0.4 is 5.32 Å². The molecule has 32 heavy (non-hydrogen) atoms. The fraction of sp³-hybridized carbons (Fsp3) is 0.440. The van der Waals surface area contributed by atoms with Crippen LogP contribution in [0.1, 0.15) is 51.0 Å². The highest BCUT2D eigenvalue weighted by Crippen LogP contribution is 2.25. The maximum Gasteiger partial charge on any atom is 0.243 e. The van der Waals surface area contributed by atoms with E-state index in [2.05, 4.69) is 5.32 Å². The van der Waals surface area contributed by atoms with Crippen molar-refractivity contribution >= 4 is 46.8 Å². The summed E-state index contributed by atoms with van der Waals surface area (Å²) < 4.78 is 0. The molecule has 3 rings (SSSR count). The van der Waals surface area contributed by atoms with Gasteiger partial charge in [0.25, 0.3) is 0 Å². The van der Waals surface area contributed by atoms with Gasteiger partial charge in [0, 0.05) is 17.5 Å². The van der Waals surface area contributed by atoms with Crippen molar-refractivity contribution in [1.29, 1.82) is 0 Å². The first-order valence-electron chi connectivity index (χ1n) is 11.2. The van der Waals surface area contributed by atoms with Gasteiger partial charge >= 0.3 is 0 Å². The van der Waals surface area contributed by atoms with Crippen LogP contribution in [-0.4, -0.2) is 34.6 Å². The monoisotopic (exact) mass is 492 g/mol. The largest absolute Gasteiger partial charge is 0.352 e. The summed E-state index contributed by atoms with van der Waals surface area (Å²) in [6.45, 7) is 2.26. The molecule has 1 aliphatic rings. The van der Waals surface area contributed by atoms with Crippen LogP contribution in [-0.2, 0) is 16.1 Å². The summed E-state index contributed by atoms with van der Waals surface area (Å²) in [5, 5.41) is 4.11. The van der Waals surface area contributed by atoms with Crippen LogP contribution in [0.15, 0.2) is 53.4 Å². The second-order valence-electron chi connectivity index (χ2n) is 8.14. The van der Waals surface area contributed by atoms with E-state index in [0.29, 0.717) is 23.0 Å². The predicted octanol–water partition coefficient (Wildman–Crippen LogP) is 6.34. The molecule has 1 aliphatic carbocycles. The molecule has 0 aliphatic heterocycles. The molecule has 1 N–H and O–H groups in total. The molecule has 0 bridgehead atoms. The van der Waals surface area contributed by atoms with Crippen LogP contribution in [0.4, 0.5) is 0 Å². The average molecular weight is 494 g/mol. The first-order chi connectivity index (χ1) is 15.5. The SMILES string of the molecule is CC[C@@H](C(=O)NC1CCCCC1)N(Cc1ccc(Cl)c(Cl)c1)C(=O)CSc1ccccc1. The first kappa shape index (κ1) is 24.9. The Morgan fingerprint density at radius 2 is 1.78 bits per heavy atom. The molecular formula is C25H30Cl2N2O2S. The number of carbonyl (C=O) groups excluding carboxylic acids is 2. The number of thioether (sulfide) groups is 1. The molecule has 0 heterocycles. The topological polar surface area (TPSA) is 49.4 Å². The summed E-state index contributed by atoms with van der Waals surface area (Å²) in [5.74, 6) is 0.117. The molecule has 1 fully saturated rings. The fourth-order valence-corrected chi connectivity index (χ4v) is 5.17. The summed E-state index contributed by atoms with van der Waals surface area (Å²) in [7, 11) is 0. The van der Waals surface area contributed by atoms with Gasteiger partial charge in [0.05, 0.1) is 15.8 Å². The lowest BCUT2D eigenvalue weighted by atomic mass is 9.95. The van der Waals surface area contributed by atoms with Crippen LogP contribution >= 0.6 is 35.0 Å². The summed E-state index contributed by atoms with van der Waals surface area (Å²) >= 11 is 13.7. The van der Waals surface area contributed by atoms with E-state index in [4.69, 9.17) is 23.2 Å². The Kier molecular flexibility index (Phi) is 9.76. The number of benzene rings is 2. The summed E-state index contributed by atoms with van der Waals surface area (Å²) in [5.41, 5.74) is 0.848. The minimum Gasteiger partial charge on any atom is -0.352 e. The molecule has 0 spiro atoms. The third-order valence-electron chi connectivity index (χ3n) is 5.78. The molecule has 0 unspecified atom stereocenters. The second-order valence-corrected chi connectivity index (χ2v) is 10.0. The van der Waals surface area contributed by atoms with E-state index in [1.54, 1.807) is 17.0 Å². The molecule has 1 saturated carbocycles. The molecule has 0 saturated heterocycles. The van der Waals surface area contributed by atoms with Crippen LogP contribution in [0.25, 0.3) is 0 Å². The standard InChI is InChI=1S/C25H30Cl2N2O2S/c1-2-23(25(31)28-19-9-5-3-6-10-19)29(16-18-13-14-21(26)22(27)15-18)24(30)17-32-20-11-7-4-8-12-20/h4,7-8,11-15,19,23H,2-3,5-6,9-10,16-17H2,1H3,(H,28,31)/t23-/m0/s1. The Labute approximate surface area is 205 Å². The van der Waals surface area contributed by atoms with Gasteiger partial charge in [0.2, 0.25) is 11.8 Å². The van der Waals surface area contributed by atoms with Crippen LogP contribution in [0.2, 0.25) is 10.0 Å². The lowest BCUT2D eigenvalue weighted by Crippen LogP contribution is -2.52. The molecule has 2 aromatic carbocycles. The number of hydrogen-bond acceptors (Lipinski definition) is 3. The minimum absolute atomic E-state index is 0.0717. The molecule has 0 aromatic heterocycles. The first-order valence-corrected chi connectivity index (χ1v) is 12.9. The third-order valence-corrected chi connectivity index (χ3v) is 7.52. The van der Waals surface area contributed by atoms with Gasteiger partial charge in [-0.2, -0.15) is 0 Å². The zero-order valence-electron chi connectivity index (χ0n) is 18.4. The second kappa shape index (κ2) is 12.5. The normalized spacial score (nSPS) is 15.2. The minimum atomic E-state index is -0.532. The van der Waals surface area contributed by atoms with Crippen molar-refractivity contribution in [1.82, 2.24) is 10.2 Å². The average Bonchev–Trinajstić information content (AvgIpc) is 2.81. The molecule has 0 radical (unpaired) electrons. The number of rotatable bonds is 9. The van der Waals surface area contributed by atoms with Crippen molar-refractivity contribution in [2.75, 3.05) is 5.75 Å². The number of nitrogens with one attached hydrogen (secondary N) is 1. The van der Waals surface area contributed by atoms with Crippen molar-refractivity contribution in [3.63, 3.8) is 0 Å². The Morgan fingerprint density at radius 1 is 1.06 bits per heavy atom. The van der Waals surface area contributed by atoms with Gasteiger partial charge in [-0.05, 0) is 49.1 Å². The number of nitrogens with zero attached hydrogens (tertiary/aromatic N) is 1. The fourth-order valence-electron chi connectivity index (χ4n) is 4.04. The smallest absolute Gasteiger partial charge is 0.243 e. The lowest BCUT2D eigenvalue weighted by Gasteiger charge is -2.32. The number of halogens is 2. The summed E-state index contributed by atoms with van der Waals surface area (Å²) in [6.07, 6.45) is 6.06. The predicted molar refractivity (Wildman–Crippen MR) is 133 cm³/mol. The van der Waals surface area contributed by atoms with Gasteiger partial charge in [0.1, 0.15) is 6.04 Å². The van der Waals surface area contributed by atoms with E-state index in [-0.39, 0.29) is 23.6 Å².